The van der Waals surface area contributed by atoms with Crippen molar-refractivity contribution in [3.8, 4) is 11.5 Å². The fourth-order valence-corrected chi connectivity index (χ4v) is 2.11. The zero-order chi connectivity index (χ0) is 14.9. The van der Waals surface area contributed by atoms with Gasteiger partial charge in [-0.05, 0) is 30.0 Å². The molecular formula is C16H17ClFNO. The summed E-state index contributed by atoms with van der Waals surface area (Å²) in [5.41, 5.74) is 8.15. The second kappa shape index (κ2) is 5.71. The highest BCUT2D eigenvalue weighted by molar-refractivity contribution is 6.31. The van der Waals surface area contributed by atoms with Gasteiger partial charge in [0.15, 0.2) is 5.75 Å². The van der Waals surface area contributed by atoms with Crippen LogP contribution in [0.4, 0.5) is 10.1 Å². The second-order valence-electron chi connectivity index (χ2n) is 5.10. The Kier molecular flexibility index (Phi) is 4.19. The average Bonchev–Trinajstić information content (AvgIpc) is 2.35. The molecule has 0 heterocycles. The van der Waals surface area contributed by atoms with Gasteiger partial charge in [0.2, 0.25) is 0 Å². The number of ether oxygens (including phenoxy) is 1. The van der Waals surface area contributed by atoms with E-state index in [0.29, 0.717) is 11.7 Å². The molecule has 0 aromatic heterocycles. The molecule has 2 nitrogen and oxygen atoms in total. The first-order chi connectivity index (χ1) is 9.38. The molecule has 2 aromatic carbocycles. The van der Waals surface area contributed by atoms with Gasteiger partial charge in [0.05, 0.1) is 10.7 Å². The van der Waals surface area contributed by atoms with Crippen LogP contribution in [0.1, 0.15) is 30.9 Å². The van der Waals surface area contributed by atoms with Crippen LogP contribution in [-0.4, -0.2) is 0 Å². The van der Waals surface area contributed by atoms with E-state index in [0.717, 1.165) is 16.9 Å². The Morgan fingerprint density at radius 1 is 1.15 bits per heavy atom. The van der Waals surface area contributed by atoms with E-state index in [-0.39, 0.29) is 10.7 Å². The van der Waals surface area contributed by atoms with Crippen LogP contribution in [0.3, 0.4) is 0 Å². The maximum Gasteiger partial charge on any atom is 0.152 e. The first-order valence-electron chi connectivity index (χ1n) is 6.41. The van der Waals surface area contributed by atoms with Gasteiger partial charge in [-0.25, -0.2) is 4.39 Å². The van der Waals surface area contributed by atoms with Crippen LogP contribution in [0, 0.1) is 12.7 Å². The van der Waals surface area contributed by atoms with Crippen molar-refractivity contribution < 1.29 is 9.13 Å². The molecule has 0 spiro atoms. The smallest absolute Gasteiger partial charge is 0.152 e. The quantitative estimate of drug-likeness (QED) is 0.781. The van der Waals surface area contributed by atoms with Crippen LogP contribution < -0.4 is 10.5 Å². The predicted molar refractivity (Wildman–Crippen MR) is 81.2 cm³/mol. The molecule has 0 radical (unpaired) electrons. The minimum absolute atomic E-state index is 0.00653. The molecule has 0 saturated heterocycles. The Labute approximate surface area is 123 Å². The summed E-state index contributed by atoms with van der Waals surface area (Å²) in [5, 5.41) is -0.00653. The van der Waals surface area contributed by atoms with E-state index < -0.39 is 5.82 Å². The van der Waals surface area contributed by atoms with E-state index in [1.54, 1.807) is 0 Å². The van der Waals surface area contributed by atoms with Crippen LogP contribution in [-0.2, 0) is 0 Å². The Bertz CT molecular complexity index is 641. The van der Waals surface area contributed by atoms with E-state index in [2.05, 4.69) is 13.8 Å². The zero-order valence-electron chi connectivity index (χ0n) is 11.7. The molecular weight excluding hydrogens is 277 g/mol. The zero-order valence-corrected chi connectivity index (χ0v) is 12.5. The third kappa shape index (κ3) is 3.05. The molecule has 20 heavy (non-hydrogen) atoms. The van der Waals surface area contributed by atoms with Crippen molar-refractivity contribution in [1.29, 1.82) is 0 Å². The fourth-order valence-electron chi connectivity index (χ4n) is 1.96. The lowest BCUT2D eigenvalue weighted by Gasteiger charge is -2.16. The summed E-state index contributed by atoms with van der Waals surface area (Å²) in [5.74, 6) is 0.839. The summed E-state index contributed by atoms with van der Waals surface area (Å²) in [4.78, 5) is 0. The van der Waals surface area contributed by atoms with Gasteiger partial charge in [0.1, 0.15) is 11.6 Å². The molecule has 0 bridgehead atoms. The standard InChI is InChI=1S/C16H17ClFNO/c1-9(2)11-5-4-10(3)6-15(11)20-16-7-12(17)13(18)8-14(16)19/h4-9H,19H2,1-3H3. The first kappa shape index (κ1) is 14.7. The normalized spacial score (nSPS) is 10.9. The summed E-state index contributed by atoms with van der Waals surface area (Å²) in [6, 6.07) is 8.56. The van der Waals surface area contributed by atoms with Crippen LogP contribution in [0.15, 0.2) is 30.3 Å². The topological polar surface area (TPSA) is 35.2 Å². The van der Waals surface area contributed by atoms with E-state index >= 15 is 0 Å². The predicted octanol–water partition coefficient (Wildman–Crippen LogP) is 5.29. The highest BCUT2D eigenvalue weighted by Crippen LogP contribution is 2.36. The van der Waals surface area contributed by atoms with Gasteiger partial charge in [-0.2, -0.15) is 0 Å². The molecule has 0 aliphatic carbocycles. The summed E-state index contributed by atoms with van der Waals surface area (Å²) in [6.07, 6.45) is 0. The molecule has 2 rings (SSSR count). The van der Waals surface area contributed by atoms with Crippen LogP contribution >= 0.6 is 11.6 Å². The van der Waals surface area contributed by atoms with Gasteiger partial charge in [0, 0.05) is 12.1 Å². The van der Waals surface area contributed by atoms with Gasteiger partial charge in [-0.15, -0.1) is 0 Å². The molecule has 4 heteroatoms. The molecule has 0 saturated carbocycles. The Balaban J connectivity index is 2.44. The Morgan fingerprint density at radius 3 is 2.50 bits per heavy atom. The summed E-state index contributed by atoms with van der Waals surface area (Å²) in [6.45, 7) is 6.15. The molecule has 0 atom stereocenters. The van der Waals surface area contributed by atoms with E-state index in [9.17, 15) is 4.39 Å². The van der Waals surface area contributed by atoms with Crippen molar-refractivity contribution in [3.63, 3.8) is 0 Å². The van der Waals surface area contributed by atoms with Gasteiger partial charge in [0.25, 0.3) is 0 Å². The monoisotopic (exact) mass is 293 g/mol. The van der Waals surface area contributed by atoms with Crippen LogP contribution in [0.2, 0.25) is 5.02 Å². The number of nitrogen functional groups attached to an aromatic ring is 1. The summed E-state index contributed by atoms with van der Waals surface area (Å²) in [7, 11) is 0. The molecule has 0 aliphatic heterocycles. The van der Waals surface area contributed by atoms with Crippen molar-refractivity contribution in [2.24, 2.45) is 0 Å². The third-order valence-corrected chi connectivity index (χ3v) is 3.35. The lowest BCUT2D eigenvalue weighted by atomic mass is 10.0. The molecule has 0 unspecified atom stereocenters. The number of nitrogens with two attached hydrogens (primary N) is 1. The van der Waals surface area contributed by atoms with E-state index in [1.807, 2.05) is 25.1 Å². The van der Waals surface area contributed by atoms with Crippen LogP contribution in [0.5, 0.6) is 11.5 Å². The molecule has 0 amide bonds. The van der Waals surface area contributed by atoms with Crippen molar-refractivity contribution in [3.05, 3.63) is 52.3 Å². The minimum atomic E-state index is -0.551. The summed E-state index contributed by atoms with van der Waals surface area (Å²) >= 11 is 5.78. The van der Waals surface area contributed by atoms with Crippen molar-refractivity contribution in [1.82, 2.24) is 0 Å². The molecule has 0 fully saturated rings. The number of anilines is 1. The minimum Gasteiger partial charge on any atom is -0.455 e. The fraction of sp³-hybridized carbons (Fsp3) is 0.250. The number of rotatable bonds is 3. The highest BCUT2D eigenvalue weighted by Gasteiger charge is 2.13. The number of aryl methyl sites for hydroxylation is 1. The van der Waals surface area contributed by atoms with Gasteiger partial charge in [-0.1, -0.05) is 37.6 Å². The van der Waals surface area contributed by atoms with Gasteiger partial charge < -0.3 is 10.5 Å². The Morgan fingerprint density at radius 2 is 1.85 bits per heavy atom. The number of halogens is 2. The van der Waals surface area contributed by atoms with Gasteiger partial charge in [-0.3, -0.25) is 0 Å². The van der Waals surface area contributed by atoms with Crippen molar-refractivity contribution in [2.45, 2.75) is 26.7 Å². The Hall–Kier alpha value is -1.74. The SMILES string of the molecule is Cc1ccc(C(C)C)c(Oc2cc(Cl)c(F)cc2N)c1. The molecule has 106 valence electrons. The van der Waals surface area contributed by atoms with Crippen LogP contribution in [0.25, 0.3) is 0 Å². The maximum atomic E-state index is 13.3. The number of benzene rings is 2. The first-order valence-corrected chi connectivity index (χ1v) is 6.79. The van der Waals surface area contributed by atoms with Crippen molar-refractivity contribution >= 4 is 17.3 Å². The molecule has 0 aliphatic rings. The molecule has 2 aromatic rings. The van der Waals surface area contributed by atoms with E-state index in [4.69, 9.17) is 22.1 Å². The molecule has 2 N–H and O–H groups in total. The van der Waals surface area contributed by atoms with Gasteiger partial charge >= 0.3 is 0 Å². The highest BCUT2D eigenvalue weighted by atomic mass is 35.5. The second-order valence-corrected chi connectivity index (χ2v) is 5.51. The third-order valence-electron chi connectivity index (χ3n) is 3.06. The number of hydrogen-bond acceptors (Lipinski definition) is 2. The average molecular weight is 294 g/mol. The maximum absolute atomic E-state index is 13.3. The summed E-state index contributed by atoms with van der Waals surface area (Å²) < 4.78 is 19.1. The number of hydrogen-bond donors (Lipinski definition) is 1. The lowest BCUT2D eigenvalue weighted by molar-refractivity contribution is 0.473. The largest absolute Gasteiger partial charge is 0.455 e. The lowest BCUT2D eigenvalue weighted by Crippen LogP contribution is -1.98. The van der Waals surface area contributed by atoms with Crippen molar-refractivity contribution in [2.75, 3.05) is 5.73 Å². The van der Waals surface area contributed by atoms with E-state index in [1.165, 1.54) is 12.1 Å².